The summed E-state index contributed by atoms with van der Waals surface area (Å²) in [5, 5.41) is 18.1. The average Bonchev–Trinajstić information content (AvgIpc) is 2.43. The molecule has 1 radical (unpaired) electrons. The molecule has 163 valence electrons. The first-order valence-electron chi connectivity index (χ1n) is 10.2. The molecule has 0 fully saturated rings. The van der Waals surface area contributed by atoms with Gasteiger partial charge in [-0.3, -0.25) is 0 Å². The molecule has 0 heterocycles. The van der Waals surface area contributed by atoms with E-state index in [1.807, 2.05) is 13.8 Å². The smallest absolute Gasteiger partial charge is 0 e. The SMILES string of the molecule is CCC(CC(CC)[N-]C(C)C)[N-]C(C)C.CC[N-]C(C)[N-]C(C)(C)C.[Co]. The Morgan fingerprint density at radius 2 is 1.12 bits per heavy atom. The Hall–Kier alpha value is 0.346. The summed E-state index contributed by atoms with van der Waals surface area (Å²) in [5.41, 5.74) is 0.0537. The van der Waals surface area contributed by atoms with Crippen LogP contribution in [0.3, 0.4) is 0 Å². The minimum absolute atomic E-state index is 0. The molecule has 3 atom stereocenters. The van der Waals surface area contributed by atoms with Crippen molar-refractivity contribution in [3.05, 3.63) is 21.3 Å². The standard InChI is InChI=1S/C13H28N2.C8H18N2.Co/c1-7-12(14-10(3)4)9-13(8-2)15-11(5)6;1-6-9-7(2)10-8(3,4)5;/h10-13H,7-9H2,1-6H3;7H,6H2,1-5H3;/q2*-2;. The molecule has 0 saturated heterocycles. The molecule has 0 bridgehead atoms. The quantitative estimate of drug-likeness (QED) is 0.339. The van der Waals surface area contributed by atoms with Gasteiger partial charge in [0.05, 0.1) is 0 Å². The average molecular weight is 414 g/mol. The molecule has 4 nitrogen and oxygen atoms in total. The summed E-state index contributed by atoms with van der Waals surface area (Å²) in [6.45, 7) is 24.3. The van der Waals surface area contributed by atoms with Gasteiger partial charge in [-0.2, -0.15) is 6.54 Å². The molecule has 0 aliphatic heterocycles. The molecule has 0 rings (SSSR count). The van der Waals surface area contributed by atoms with Gasteiger partial charge >= 0.3 is 0 Å². The Bertz CT molecular complexity index is 274. The van der Waals surface area contributed by atoms with Gasteiger partial charge in [0.15, 0.2) is 0 Å². The molecule has 0 aliphatic rings. The first-order chi connectivity index (χ1) is 11.4. The van der Waals surface area contributed by atoms with Crippen LogP contribution in [0.2, 0.25) is 0 Å². The summed E-state index contributed by atoms with van der Waals surface area (Å²) in [4.78, 5) is 0. The third-order valence-corrected chi connectivity index (χ3v) is 3.53. The van der Waals surface area contributed by atoms with E-state index in [2.05, 4.69) is 72.9 Å². The summed E-state index contributed by atoms with van der Waals surface area (Å²) < 4.78 is 0. The van der Waals surface area contributed by atoms with Gasteiger partial charge in [-0.15, -0.1) is 36.6 Å². The molecule has 3 unspecified atom stereocenters. The van der Waals surface area contributed by atoms with E-state index in [0.29, 0.717) is 24.2 Å². The molecule has 26 heavy (non-hydrogen) atoms. The van der Waals surface area contributed by atoms with Crippen molar-refractivity contribution in [3.8, 4) is 0 Å². The van der Waals surface area contributed by atoms with E-state index in [-0.39, 0.29) is 28.5 Å². The van der Waals surface area contributed by atoms with Crippen LogP contribution in [0.4, 0.5) is 0 Å². The van der Waals surface area contributed by atoms with E-state index in [1.165, 1.54) is 0 Å². The topological polar surface area (TPSA) is 56.4 Å². The number of hydrogen-bond donors (Lipinski definition) is 0. The van der Waals surface area contributed by atoms with Gasteiger partial charge in [0.25, 0.3) is 0 Å². The van der Waals surface area contributed by atoms with Crippen molar-refractivity contribution in [3.63, 3.8) is 0 Å². The van der Waals surface area contributed by atoms with Crippen LogP contribution >= 0.6 is 0 Å². The maximum Gasteiger partial charge on any atom is 0 e. The van der Waals surface area contributed by atoms with Gasteiger partial charge in [-0.05, 0) is 0 Å². The Morgan fingerprint density at radius 1 is 0.731 bits per heavy atom. The van der Waals surface area contributed by atoms with Gasteiger partial charge in [0.2, 0.25) is 0 Å². The molecule has 0 N–H and O–H groups in total. The maximum atomic E-state index is 4.73. The van der Waals surface area contributed by atoms with E-state index in [1.54, 1.807) is 0 Å². The Kier molecular flexibility index (Phi) is 20.8. The monoisotopic (exact) mass is 413 g/mol. The van der Waals surface area contributed by atoms with Crippen LogP contribution in [0.25, 0.3) is 21.3 Å². The summed E-state index contributed by atoms with van der Waals surface area (Å²) in [6, 6.07) is 1.90. The van der Waals surface area contributed by atoms with Crippen LogP contribution in [-0.2, 0) is 16.8 Å². The van der Waals surface area contributed by atoms with Crippen LogP contribution in [0.15, 0.2) is 0 Å². The maximum absolute atomic E-state index is 4.73. The van der Waals surface area contributed by atoms with Crippen LogP contribution in [0.1, 0.15) is 95.4 Å². The second-order valence-electron chi connectivity index (χ2n) is 8.28. The molecule has 0 aromatic carbocycles. The zero-order valence-electron chi connectivity index (χ0n) is 19.3. The number of hydrogen-bond acceptors (Lipinski definition) is 0. The third kappa shape index (κ3) is 22.4. The van der Waals surface area contributed by atoms with Crippen molar-refractivity contribution < 1.29 is 16.8 Å². The van der Waals surface area contributed by atoms with E-state index < -0.39 is 0 Å². The van der Waals surface area contributed by atoms with Gasteiger partial charge in [-0.1, -0.05) is 88.5 Å². The minimum Gasteiger partial charge on any atom is -0.678 e. The Labute approximate surface area is 176 Å². The van der Waals surface area contributed by atoms with E-state index in [0.717, 1.165) is 25.8 Å². The van der Waals surface area contributed by atoms with Gasteiger partial charge in [0.1, 0.15) is 0 Å². The molecule has 0 amide bonds. The first-order valence-corrected chi connectivity index (χ1v) is 10.2. The van der Waals surface area contributed by atoms with E-state index >= 15 is 0 Å². The van der Waals surface area contributed by atoms with Gasteiger partial charge < -0.3 is 21.3 Å². The number of rotatable bonds is 11. The summed E-state index contributed by atoms with van der Waals surface area (Å²) in [7, 11) is 0. The predicted molar refractivity (Wildman–Crippen MR) is 116 cm³/mol. The largest absolute Gasteiger partial charge is 0.678 e. The zero-order chi connectivity index (χ0) is 20.0. The normalized spacial score (nSPS) is 15.1. The van der Waals surface area contributed by atoms with Crippen molar-refractivity contribution in [1.82, 2.24) is 0 Å². The summed E-state index contributed by atoms with van der Waals surface area (Å²) >= 11 is 0. The Morgan fingerprint density at radius 3 is 1.35 bits per heavy atom. The molecule has 0 saturated carbocycles. The molecule has 5 heteroatoms. The molecule has 0 aliphatic carbocycles. The van der Waals surface area contributed by atoms with Crippen molar-refractivity contribution >= 4 is 0 Å². The molecule has 0 aromatic heterocycles. The van der Waals surface area contributed by atoms with Crippen molar-refractivity contribution in [2.45, 2.75) is 131 Å². The molecular formula is C21H46CoN4-4. The fraction of sp³-hybridized carbons (Fsp3) is 1.00. The third-order valence-electron chi connectivity index (χ3n) is 3.53. The van der Waals surface area contributed by atoms with Crippen molar-refractivity contribution in [1.29, 1.82) is 0 Å². The van der Waals surface area contributed by atoms with Crippen molar-refractivity contribution in [2.24, 2.45) is 0 Å². The predicted octanol–water partition coefficient (Wildman–Crippen LogP) is 7.39. The van der Waals surface area contributed by atoms with Crippen LogP contribution < -0.4 is 0 Å². The van der Waals surface area contributed by atoms with Crippen LogP contribution in [-0.4, -0.2) is 42.4 Å². The van der Waals surface area contributed by atoms with Crippen LogP contribution in [0.5, 0.6) is 0 Å². The van der Waals surface area contributed by atoms with Crippen molar-refractivity contribution in [2.75, 3.05) is 6.54 Å². The first kappa shape index (κ1) is 31.1. The molecule has 0 aromatic rings. The van der Waals surface area contributed by atoms with Gasteiger partial charge in [0, 0.05) is 16.8 Å². The summed E-state index contributed by atoms with van der Waals surface area (Å²) in [5.74, 6) is 0. The summed E-state index contributed by atoms with van der Waals surface area (Å²) in [6.07, 6.45) is 3.57. The fourth-order valence-electron chi connectivity index (χ4n) is 2.69. The fourth-order valence-corrected chi connectivity index (χ4v) is 2.69. The molecular weight excluding hydrogens is 367 g/mol. The molecule has 0 spiro atoms. The van der Waals surface area contributed by atoms with Gasteiger partial charge in [-0.25, -0.2) is 6.17 Å². The Balaban J connectivity index is -0.000000422. The minimum atomic E-state index is 0. The van der Waals surface area contributed by atoms with Crippen LogP contribution in [0, 0.1) is 0 Å². The number of nitrogens with zero attached hydrogens (tertiary/aromatic N) is 4. The second kappa shape index (κ2) is 17.4. The zero-order valence-corrected chi connectivity index (χ0v) is 20.4. The van der Waals surface area contributed by atoms with E-state index in [9.17, 15) is 0 Å². The van der Waals surface area contributed by atoms with E-state index in [4.69, 9.17) is 10.6 Å². The second-order valence-corrected chi connectivity index (χ2v) is 8.28.